The SMILES string of the molecule is CC(CO)[N-]/C(=C\C(=O)C(C)C)C(C)C.CC(CO)[N-]/C(=C\C(=O)C(C)C)C(C)C.[Ti+2]. The minimum atomic E-state index is -0.140. The van der Waals surface area contributed by atoms with E-state index in [0.717, 1.165) is 11.4 Å². The number of nitrogens with zero attached hydrogens (tertiary/aromatic N) is 2. The molecule has 0 heterocycles. The van der Waals surface area contributed by atoms with Crippen molar-refractivity contribution in [3.63, 3.8) is 0 Å². The molecule has 0 aromatic heterocycles. The van der Waals surface area contributed by atoms with Gasteiger partial charge in [0.2, 0.25) is 0 Å². The van der Waals surface area contributed by atoms with Gasteiger partial charge >= 0.3 is 21.7 Å². The van der Waals surface area contributed by atoms with Crippen molar-refractivity contribution < 1.29 is 41.5 Å². The zero-order valence-corrected chi connectivity index (χ0v) is 22.7. The van der Waals surface area contributed by atoms with Crippen LogP contribution in [0.25, 0.3) is 10.6 Å². The number of ketones is 2. The molecule has 7 heteroatoms. The fourth-order valence-electron chi connectivity index (χ4n) is 1.92. The van der Waals surface area contributed by atoms with E-state index in [1.54, 1.807) is 12.2 Å². The van der Waals surface area contributed by atoms with Crippen molar-refractivity contribution in [3.8, 4) is 0 Å². The smallest absolute Gasteiger partial charge is 0.683 e. The number of carbonyl (C=O) groups excluding carboxylic acids is 2. The molecule has 0 amide bonds. The van der Waals surface area contributed by atoms with Crippen molar-refractivity contribution >= 4 is 11.6 Å². The summed E-state index contributed by atoms with van der Waals surface area (Å²) in [5.74, 6) is 0.598. The minimum absolute atomic E-state index is 0. The fraction of sp³-hybridized carbons (Fsp3) is 0.750. The first-order valence-electron chi connectivity index (χ1n) is 10.9. The summed E-state index contributed by atoms with van der Waals surface area (Å²) in [5, 5.41) is 26.4. The van der Waals surface area contributed by atoms with Crippen LogP contribution in [0.15, 0.2) is 23.5 Å². The van der Waals surface area contributed by atoms with Gasteiger partial charge in [0.1, 0.15) is 0 Å². The molecular formula is C24H44N2O4Ti. The molecule has 2 atom stereocenters. The van der Waals surface area contributed by atoms with E-state index in [2.05, 4.69) is 10.6 Å². The molecule has 178 valence electrons. The van der Waals surface area contributed by atoms with Crippen LogP contribution in [0.5, 0.6) is 0 Å². The molecule has 0 radical (unpaired) electrons. The Kier molecular flexibility index (Phi) is 20.8. The summed E-state index contributed by atoms with van der Waals surface area (Å²) in [6.07, 6.45) is 3.20. The van der Waals surface area contributed by atoms with E-state index < -0.39 is 0 Å². The number of carbonyl (C=O) groups is 2. The third kappa shape index (κ3) is 17.3. The van der Waals surface area contributed by atoms with Crippen LogP contribution in [0.4, 0.5) is 0 Å². The summed E-state index contributed by atoms with van der Waals surface area (Å²) in [6.45, 7) is 19.1. The van der Waals surface area contributed by atoms with Crippen molar-refractivity contribution in [1.29, 1.82) is 0 Å². The van der Waals surface area contributed by atoms with Gasteiger partial charge in [0.25, 0.3) is 0 Å². The van der Waals surface area contributed by atoms with E-state index >= 15 is 0 Å². The molecule has 0 rings (SSSR count). The summed E-state index contributed by atoms with van der Waals surface area (Å²) in [7, 11) is 0. The van der Waals surface area contributed by atoms with Gasteiger partial charge in [-0.15, -0.1) is 0 Å². The standard InChI is InChI=1S/2C12H23NO2.Ti/c2*1-8(2)11(13-10(5)7-14)6-12(15)9(3)4;/h2*6,8-10,14H,7H2,1-5H3,(H,13,15);/q;;+2/p-2. The van der Waals surface area contributed by atoms with Gasteiger partial charge < -0.3 is 20.8 Å². The van der Waals surface area contributed by atoms with Gasteiger partial charge in [0, 0.05) is 25.0 Å². The molecule has 0 aromatic carbocycles. The minimum Gasteiger partial charge on any atom is -0.683 e. The molecule has 0 fully saturated rings. The van der Waals surface area contributed by atoms with E-state index in [4.69, 9.17) is 10.2 Å². The summed E-state index contributed by atoms with van der Waals surface area (Å²) < 4.78 is 0. The number of aliphatic hydroxyl groups excluding tert-OH is 2. The Balaban J connectivity index is -0.000000490. The largest absolute Gasteiger partial charge is 2.00 e. The molecule has 0 aliphatic heterocycles. The number of allylic oxidation sites excluding steroid dienone is 4. The third-order valence-electron chi connectivity index (χ3n) is 4.17. The Labute approximate surface area is 205 Å². The van der Waals surface area contributed by atoms with Crippen LogP contribution in [0.3, 0.4) is 0 Å². The third-order valence-corrected chi connectivity index (χ3v) is 4.17. The Morgan fingerprint density at radius 2 is 0.871 bits per heavy atom. The second-order valence-corrected chi connectivity index (χ2v) is 8.88. The van der Waals surface area contributed by atoms with Gasteiger partial charge in [0.15, 0.2) is 11.6 Å². The molecule has 2 unspecified atom stereocenters. The summed E-state index contributed by atoms with van der Waals surface area (Å²) >= 11 is 0. The van der Waals surface area contributed by atoms with E-state index in [0.29, 0.717) is 0 Å². The van der Waals surface area contributed by atoms with Crippen molar-refractivity contribution in [3.05, 3.63) is 34.2 Å². The maximum atomic E-state index is 11.5. The van der Waals surface area contributed by atoms with Crippen molar-refractivity contribution in [2.24, 2.45) is 23.7 Å². The number of hydrogen-bond acceptors (Lipinski definition) is 4. The molecule has 2 N–H and O–H groups in total. The van der Waals surface area contributed by atoms with Gasteiger partial charge in [-0.3, -0.25) is 9.59 Å². The normalized spacial score (nSPS) is 14.1. The molecular weight excluding hydrogens is 428 g/mol. The summed E-state index contributed by atoms with van der Waals surface area (Å²) in [5.41, 5.74) is 1.55. The first kappa shape index (κ1) is 34.7. The second kappa shape index (κ2) is 18.6. The van der Waals surface area contributed by atoms with Crippen LogP contribution in [0, 0.1) is 23.7 Å². The van der Waals surface area contributed by atoms with Crippen LogP contribution in [0.1, 0.15) is 69.2 Å². The molecule has 31 heavy (non-hydrogen) atoms. The molecule has 0 saturated heterocycles. The summed E-state index contributed by atoms with van der Waals surface area (Å²) in [6, 6.07) is -0.280. The first-order chi connectivity index (χ1) is 13.8. The molecule has 0 aliphatic carbocycles. The van der Waals surface area contributed by atoms with Crippen LogP contribution >= 0.6 is 0 Å². The predicted molar refractivity (Wildman–Crippen MR) is 125 cm³/mol. The van der Waals surface area contributed by atoms with Gasteiger partial charge in [0.05, 0.1) is 0 Å². The van der Waals surface area contributed by atoms with Crippen LogP contribution in [-0.2, 0) is 31.3 Å². The van der Waals surface area contributed by atoms with Crippen LogP contribution < -0.4 is 0 Å². The molecule has 6 nitrogen and oxygen atoms in total. The topological polar surface area (TPSA) is 103 Å². The molecule has 0 aliphatic rings. The van der Waals surface area contributed by atoms with E-state index in [1.807, 2.05) is 69.2 Å². The number of aliphatic hydroxyl groups is 2. The van der Waals surface area contributed by atoms with Crippen molar-refractivity contribution in [1.82, 2.24) is 0 Å². The Morgan fingerprint density at radius 1 is 0.613 bits per heavy atom. The molecule has 0 bridgehead atoms. The fourth-order valence-corrected chi connectivity index (χ4v) is 1.92. The Bertz CT molecular complexity index is 520. The first-order valence-corrected chi connectivity index (χ1v) is 10.9. The van der Waals surface area contributed by atoms with Gasteiger partial charge in [-0.1, -0.05) is 81.3 Å². The van der Waals surface area contributed by atoms with Gasteiger partial charge in [-0.05, 0) is 24.0 Å². The zero-order chi connectivity index (χ0) is 24.0. The van der Waals surface area contributed by atoms with Crippen molar-refractivity contribution in [2.75, 3.05) is 13.2 Å². The van der Waals surface area contributed by atoms with Crippen LogP contribution in [0.2, 0.25) is 0 Å². The summed E-state index contributed by atoms with van der Waals surface area (Å²) in [4.78, 5) is 23.1. The second-order valence-electron chi connectivity index (χ2n) is 8.88. The number of hydrogen-bond donors (Lipinski definition) is 2. The van der Waals surface area contributed by atoms with Gasteiger partial charge in [-0.25, -0.2) is 0 Å². The maximum absolute atomic E-state index is 11.5. The van der Waals surface area contributed by atoms with Crippen LogP contribution in [-0.4, -0.2) is 47.1 Å². The van der Waals surface area contributed by atoms with Crippen molar-refractivity contribution in [2.45, 2.75) is 81.3 Å². The van der Waals surface area contributed by atoms with E-state index in [1.165, 1.54) is 0 Å². The quantitative estimate of drug-likeness (QED) is 0.308. The van der Waals surface area contributed by atoms with Gasteiger partial charge in [-0.2, -0.15) is 11.4 Å². The average Bonchev–Trinajstić information content (AvgIpc) is 2.66. The monoisotopic (exact) mass is 472 g/mol. The molecule has 0 saturated carbocycles. The Hall–Kier alpha value is -0.946. The van der Waals surface area contributed by atoms with E-state index in [-0.39, 0.29) is 82.3 Å². The average molecular weight is 472 g/mol. The zero-order valence-electron chi connectivity index (χ0n) is 21.1. The Morgan fingerprint density at radius 3 is 1.03 bits per heavy atom. The van der Waals surface area contributed by atoms with E-state index in [9.17, 15) is 9.59 Å². The number of rotatable bonds is 12. The maximum Gasteiger partial charge on any atom is 2.00 e. The molecule has 0 aromatic rings. The predicted octanol–water partition coefficient (Wildman–Crippen LogP) is 5.01. The molecule has 0 spiro atoms.